The van der Waals surface area contributed by atoms with E-state index >= 15 is 0 Å². The standard InChI is InChI=1S/C12H14NS2/c1-14-12-13-7-10-5-3-2-4-9(10)6-11(13)8-15-12/h2-5,11H,6-8H2,1H3/q+1/t11-/m1/s1. The number of thioether (sulfide) groups is 2. The molecule has 1 nitrogen and oxygen atoms in total. The van der Waals surface area contributed by atoms with Crippen LogP contribution in [0.15, 0.2) is 24.3 Å². The minimum atomic E-state index is 0.743. The van der Waals surface area contributed by atoms with Crippen LogP contribution in [0.1, 0.15) is 11.1 Å². The second-order valence-electron chi connectivity index (χ2n) is 4.04. The van der Waals surface area contributed by atoms with Crippen molar-refractivity contribution < 1.29 is 4.58 Å². The molecule has 0 N–H and O–H groups in total. The lowest BCUT2D eigenvalue weighted by Gasteiger charge is -2.19. The summed E-state index contributed by atoms with van der Waals surface area (Å²) in [5.74, 6) is 1.27. The van der Waals surface area contributed by atoms with Gasteiger partial charge in [0.2, 0.25) is 0 Å². The van der Waals surface area contributed by atoms with Gasteiger partial charge in [-0.2, -0.15) is 0 Å². The van der Waals surface area contributed by atoms with E-state index in [0.29, 0.717) is 0 Å². The van der Waals surface area contributed by atoms with Crippen LogP contribution >= 0.6 is 23.5 Å². The summed E-state index contributed by atoms with van der Waals surface area (Å²) in [5.41, 5.74) is 3.07. The third-order valence-electron chi connectivity index (χ3n) is 3.16. The zero-order valence-corrected chi connectivity index (χ0v) is 10.4. The molecule has 2 aliphatic rings. The zero-order valence-electron chi connectivity index (χ0n) is 8.77. The molecule has 1 aromatic carbocycles. The Bertz CT molecular complexity index is 425. The van der Waals surface area contributed by atoms with E-state index in [4.69, 9.17) is 0 Å². The van der Waals surface area contributed by atoms with Gasteiger partial charge >= 0.3 is 0 Å². The number of hydrogen-bond donors (Lipinski definition) is 0. The van der Waals surface area contributed by atoms with Crippen molar-refractivity contribution in [3.05, 3.63) is 35.4 Å². The first-order valence-electron chi connectivity index (χ1n) is 5.25. The molecule has 0 aromatic heterocycles. The second-order valence-corrected chi connectivity index (χ2v) is 6.10. The van der Waals surface area contributed by atoms with Gasteiger partial charge in [0, 0.05) is 12.0 Å². The third kappa shape index (κ3) is 1.62. The molecule has 0 spiro atoms. The molecule has 78 valence electrons. The molecular weight excluding hydrogens is 222 g/mol. The first-order chi connectivity index (χ1) is 7.38. The molecule has 0 fully saturated rings. The van der Waals surface area contributed by atoms with Gasteiger partial charge in [0.1, 0.15) is 0 Å². The highest BCUT2D eigenvalue weighted by Gasteiger charge is 2.37. The van der Waals surface area contributed by atoms with Crippen LogP contribution in [-0.4, -0.2) is 27.0 Å². The van der Waals surface area contributed by atoms with E-state index in [9.17, 15) is 0 Å². The van der Waals surface area contributed by atoms with Crippen LogP contribution in [0.25, 0.3) is 0 Å². The molecule has 0 saturated carbocycles. The van der Waals surface area contributed by atoms with E-state index in [1.807, 2.05) is 23.5 Å². The van der Waals surface area contributed by atoms with Crippen LogP contribution in [0, 0.1) is 0 Å². The van der Waals surface area contributed by atoms with Crippen LogP contribution < -0.4 is 0 Å². The Morgan fingerprint density at radius 3 is 2.93 bits per heavy atom. The molecule has 0 amide bonds. The summed E-state index contributed by atoms with van der Waals surface area (Å²) in [6.45, 7) is 1.12. The van der Waals surface area contributed by atoms with Crippen molar-refractivity contribution in [3.63, 3.8) is 0 Å². The Morgan fingerprint density at radius 1 is 1.33 bits per heavy atom. The predicted octanol–water partition coefficient (Wildman–Crippen LogP) is 2.59. The first-order valence-corrected chi connectivity index (χ1v) is 7.46. The number of rotatable bonds is 0. The van der Waals surface area contributed by atoms with E-state index in [1.54, 1.807) is 5.56 Å². The lowest BCUT2D eigenvalue weighted by atomic mass is 9.96. The largest absolute Gasteiger partial charge is 0.270 e. The highest BCUT2D eigenvalue weighted by atomic mass is 32.2. The summed E-state index contributed by atoms with van der Waals surface area (Å²) < 4.78 is 4.09. The molecule has 2 heterocycles. The van der Waals surface area contributed by atoms with Gasteiger partial charge in [0.15, 0.2) is 12.6 Å². The molecule has 3 heteroatoms. The average molecular weight is 236 g/mol. The van der Waals surface area contributed by atoms with Crippen molar-refractivity contribution in [1.82, 2.24) is 0 Å². The van der Waals surface area contributed by atoms with Crippen molar-refractivity contribution in [2.75, 3.05) is 12.0 Å². The average Bonchev–Trinajstić information content (AvgIpc) is 2.68. The van der Waals surface area contributed by atoms with Crippen molar-refractivity contribution in [2.24, 2.45) is 0 Å². The van der Waals surface area contributed by atoms with E-state index in [0.717, 1.165) is 12.6 Å². The molecule has 1 atom stereocenters. The fraction of sp³-hybridized carbons (Fsp3) is 0.417. The van der Waals surface area contributed by atoms with Gasteiger partial charge in [-0.1, -0.05) is 36.0 Å². The molecule has 0 saturated heterocycles. The molecule has 1 aromatic rings. The number of nitrogens with zero attached hydrogens (tertiary/aromatic N) is 1. The van der Waals surface area contributed by atoms with E-state index in [1.165, 1.54) is 22.1 Å². The normalized spacial score (nSPS) is 23.9. The summed E-state index contributed by atoms with van der Waals surface area (Å²) in [5, 5.41) is 0. The maximum atomic E-state index is 2.58. The van der Waals surface area contributed by atoms with Crippen LogP contribution in [0.4, 0.5) is 0 Å². The summed E-state index contributed by atoms with van der Waals surface area (Å²) >= 11 is 3.92. The van der Waals surface area contributed by atoms with Crippen molar-refractivity contribution in [3.8, 4) is 0 Å². The molecule has 0 bridgehead atoms. The maximum Gasteiger partial charge on any atom is 0.270 e. The van der Waals surface area contributed by atoms with Gasteiger partial charge < -0.3 is 0 Å². The Morgan fingerprint density at radius 2 is 2.13 bits per heavy atom. The van der Waals surface area contributed by atoms with Gasteiger partial charge in [-0.15, -0.1) is 0 Å². The minimum absolute atomic E-state index is 0.743. The monoisotopic (exact) mass is 236 g/mol. The Kier molecular flexibility index (Phi) is 2.53. The Balaban J connectivity index is 2.02. The van der Waals surface area contributed by atoms with Crippen LogP contribution in [0.5, 0.6) is 0 Å². The molecule has 15 heavy (non-hydrogen) atoms. The maximum absolute atomic E-state index is 2.58. The highest BCUT2D eigenvalue weighted by molar-refractivity contribution is 8.38. The molecular formula is C12H14NS2+. The molecule has 0 radical (unpaired) electrons. The third-order valence-corrected chi connectivity index (χ3v) is 5.63. The van der Waals surface area contributed by atoms with Gasteiger partial charge in [0.05, 0.1) is 5.75 Å². The van der Waals surface area contributed by atoms with E-state index in [-0.39, 0.29) is 0 Å². The smallest absolute Gasteiger partial charge is 0.210 e. The van der Waals surface area contributed by atoms with Crippen molar-refractivity contribution >= 4 is 27.9 Å². The summed E-state index contributed by atoms with van der Waals surface area (Å²) in [6, 6.07) is 9.62. The number of hydrogen-bond acceptors (Lipinski definition) is 2. The molecule has 0 aliphatic carbocycles. The molecule has 2 aliphatic heterocycles. The number of fused-ring (bicyclic) bond motifs is 2. The lowest BCUT2D eigenvalue weighted by molar-refractivity contribution is -0.572. The van der Waals surface area contributed by atoms with Crippen molar-refractivity contribution in [2.45, 2.75) is 19.0 Å². The van der Waals surface area contributed by atoms with E-state index < -0.39 is 0 Å². The summed E-state index contributed by atoms with van der Waals surface area (Å²) in [4.78, 5) is 0. The SMILES string of the molecule is CSC1=[N+]2Cc3ccccc3C[C@@H]2CS1. The minimum Gasteiger partial charge on any atom is -0.210 e. The summed E-state index contributed by atoms with van der Waals surface area (Å²) in [7, 11) is 0. The highest BCUT2D eigenvalue weighted by Crippen LogP contribution is 2.31. The quantitative estimate of drug-likeness (QED) is 0.637. The Hall–Kier alpha value is -0.410. The van der Waals surface area contributed by atoms with Crippen LogP contribution in [-0.2, 0) is 13.0 Å². The van der Waals surface area contributed by atoms with Gasteiger partial charge in [0.25, 0.3) is 4.38 Å². The molecule has 3 rings (SSSR count). The van der Waals surface area contributed by atoms with Gasteiger partial charge in [-0.25, -0.2) is 4.58 Å². The van der Waals surface area contributed by atoms with Crippen molar-refractivity contribution in [1.29, 1.82) is 0 Å². The fourth-order valence-electron chi connectivity index (χ4n) is 2.38. The fourth-order valence-corrected chi connectivity index (χ4v) is 4.51. The lowest BCUT2D eigenvalue weighted by Crippen LogP contribution is -2.32. The first kappa shape index (κ1) is 9.79. The topological polar surface area (TPSA) is 3.01 Å². The number of benzene rings is 1. The summed E-state index contributed by atoms with van der Waals surface area (Å²) in [6.07, 6.45) is 3.42. The zero-order chi connectivity index (χ0) is 10.3. The molecule has 0 unspecified atom stereocenters. The second kappa shape index (κ2) is 3.87. The van der Waals surface area contributed by atoms with Crippen LogP contribution in [0.2, 0.25) is 0 Å². The van der Waals surface area contributed by atoms with Gasteiger partial charge in [-0.05, 0) is 23.6 Å². The predicted molar refractivity (Wildman–Crippen MR) is 68.9 cm³/mol. The van der Waals surface area contributed by atoms with Crippen LogP contribution in [0.3, 0.4) is 0 Å². The van der Waals surface area contributed by atoms with E-state index in [2.05, 4.69) is 35.1 Å². The van der Waals surface area contributed by atoms with Gasteiger partial charge in [-0.3, -0.25) is 0 Å². The Labute approximate surface area is 99.0 Å².